The highest BCUT2D eigenvalue weighted by Gasteiger charge is 2.23. The number of benzene rings is 1. The lowest BCUT2D eigenvalue weighted by molar-refractivity contribution is 0.231. The van der Waals surface area contributed by atoms with Gasteiger partial charge in [0.1, 0.15) is 0 Å². The van der Waals surface area contributed by atoms with Gasteiger partial charge in [0.2, 0.25) is 0 Å². The van der Waals surface area contributed by atoms with Crippen LogP contribution >= 0.6 is 0 Å². The molecule has 0 atom stereocenters. The maximum Gasteiger partial charge on any atom is 0.345 e. The topological polar surface area (TPSA) is 77.6 Å². The van der Waals surface area contributed by atoms with E-state index in [-0.39, 0.29) is 11.6 Å². The maximum atomic E-state index is 12.4. The summed E-state index contributed by atoms with van der Waals surface area (Å²) in [5.74, 6) is 0. The number of hydrogen-bond acceptors (Lipinski definition) is 4. The van der Waals surface area contributed by atoms with Gasteiger partial charge in [0, 0.05) is 5.54 Å². The molecule has 0 unspecified atom stereocenters. The van der Waals surface area contributed by atoms with Gasteiger partial charge in [0.15, 0.2) is 11.2 Å². The standard InChI is InChI=1S/C15H18N6O/c1-10-12-13(20(18-10)11-8-6-5-7-9-11)21(19-17-12)14(22)16-15(2,3)4/h5-9H,1-4H3,(H,16,22). The summed E-state index contributed by atoms with van der Waals surface area (Å²) in [6.45, 7) is 7.60. The Kier molecular flexibility index (Phi) is 3.20. The van der Waals surface area contributed by atoms with E-state index in [9.17, 15) is 4.79 Å². The third-order valence-electron chi connectivity index (χ3n) is 3.11. The van der Waals surface area contributed by atoms with Gasteiger partial charge in [-0.25, -0.2) is 9.48 Å². The first-order valence-electron chi connectivity index (χ1n) is 7.06. The molecule has 1 N–H and O–H groups in total. The Bertz CT molecular complexity index is 825. The summed E-state index contributed by atoms with van der Waals surface area (Å²) in [4.78, 5) is 12.4. The quantitative estimate of drug-likeness (QED) is 0.747. The molecule has 0 saturated heterocycles. The van der Waals surface area contributed by atoms with E-state index in [0.29, 0.717) is 11.2 Å². The van der Waals surface area contributed by atoms with E-state index in [1.807, 2.05) is 58.0 Å². The third-order valence-corrected chi connectivity index (χ3v) is 3.11. The normalized spacial score (nSPS) is 11.8. The number of hydrogen-bond donors (Lipinski definition) is 1. The molecule has 0 aliphatic carbocycles. The van der Waals surface area contributed by atoms with Crippen LogP contribution in [0.15, 0.2) is 30.3 Å². The van der Waals surface area contributed by atoms with Gasteiger partial charge in [-0.05, 0) is 39.8 Å². The molecule has 7 heteroatoms. The minimum absolute atomic E-state index is 0.327. The summed E-state index contributed by atoms with van der Waals surface area (Å²) < 4.78 is 2.94. The van der Waals surface area contributed by atoms with Crippen LogP contribution in [0.2, 0.25) is 0 Å². The Labute approximate surface area is 127 Å². The van der Waals surface area contributed by atoms with Crippen molar-refractivity contribution in [2.75, 3.05) is 0 Å². The Morgan fingerprint density at radius 3 is 2.50 bits per heavy atom. The highest BCUT2D eigenvalue weighted by Crippen LogP contribution is 2.19. The molecule has 3 rings (SSSR count). The van der Waals surface area contributed by atoms with E-state index in [4.69, 9.17) is 0 Å². The van der Waals surface area contributed by atoms with E-state index < -0.39 is 0 Å². The number of para-hydroxylation sites is 1. The minimum atomic E-state index is -0.359. The van der Waals surface area contributed by atoms with Crippen molar-refractivity contribution in [1.29, 1.82) is 0 Å². The summed E-state index contributed by atoms with van der Waals surface area (Å²) in [6, 6.07) is 9.28. The van der Waals surface area contributed by atoms with Crippen LogP contribution in [0.3, 0.4) is 0 Å². The molecule has 2 heterocycles. The molecule has 0 aliphatic rings. The van der Waals surface area contributed by atoms with Crippen LogP contribution in [0.25, 0.3) is 16.9 Å². The highest BCUT2D eigenvalue weighted by molar-refractivity contribution is 5.88. The van der Waals surface area contributed by atoms with Crippen molar-refractivity contribution in [3.05, 3.63) is 36.0 Å². The Balaban J connectivity index is 2.16. The Morgan fingerprint density at radius 2 is 1.86 bits per heavy atom. The SMILES string of the molecule is Cc1nn(-c2ccccc2)c2c1nnn2C(=O)NC(C)(C)C. The molecule has 0 spiro atoms. The number of nitrogens with one attached hydrogen (secondary N) is 1. The van der Waals surface area contributed by atoms with Crippen LogP contribution in [0, 0.1) is 6.92 Å². The molecule has 114 valence electrons. The molecule has 0 fully saturated rings. The zero-order chi connectivity index (χ0) is 15.9. The molecule has 1 aromatic carbocycles. The second-order valence-electron chi connectivity index (χ2n) is 6.19. The zero-order valence-electron chi connectivity index (χ0n) is 13.0. The molecule has 3 aromatic rings. The average molecular weight is 298 g/mol. The number of carbonyl (C=O) groups is 1. The van der Waals surface area contributed by atoms with Crippen molar-refractivity contribution in [3.63, 3.8) is 0 Å². The van der Waals surface area contributed by atoms with Crippen molar-refractivity contribution in [1.82, 2.24) is 30.1 Å². The van der Waals surface area contributed by atoms with Crippen molar-refractivity contribution >= 4 is 17.2 Å². The largest absolute Gasteiger partial charge is 0.345 e. The number of aryl methyl sites for hydroxylation is 1. The first-order chi connectivity index (χ1) is 10.4. The minimum Gasteiger partial charge on any atom is -0.331 e. The van der Waals surface area contributed by atoms with Crippen LogP contribution in [0.5, 0.6) is 0 Å². The molecule has 0 radical (unpaired) electrons. The number of rotatable bonds is 1. The van der Waals surface area contributed by atoms with Crippen molar-refractivity contribution in [2.45, 2.75) is 33.2 Å². The van der Waals surface area contributed by atoms with Crippen molar-refractivity contribution < 1.29 is 4.79 Å². The van der Waals surface area contributed by atoms with E-state index in [2.05, 4.69) is 20.7 Å². The van der Waals surface area contributed by atoms with Gasteiger partial charge in [-0.1, -0.05) is 23.4 Å². The predicted octanol–water partition coefficient (Wildman–Crippen LogP) is 2.28. The van der Waals surface area contributed by atoms with E-state index in [1.165, 1.54) is 4.68 Å². The van der Waals surface area contributed by atoms with Crippen LogP contribution in [0.1, 0.15) is 26.5 Å². The van der Waals surface area contributed by atoms with Gasteiger partial charge < -0.3 is 5.32 Å². The summed E-state index contributed by atoms with van der Waals surface area (Å²) in [5.41, 5.74) is 2.40. The molecule has 0 aliphatic heterocycles. The molecule has 22 heavy (non-hydrogen) atoms. The van der Waals surface area contributed by atoms with E-state index in [0.717, 1.165) is 11.4 Å². The van der Waals surface area contributed by atoms with Crippen LogP contribution in [-0.2, 0) is 0 Å². The zero-order valence-corrected chi connectivity index (χ0v) is 13.0. The van der Waals surface area contributed by atoms with Gasteiger partial charge >= 0.3 is 6.03 Å². The maximum absolute atomic E-state index is 12.4. The van der Waals surface area contributed by atoms with Crippen molar-refractivity contribution in [2.24, 2.45) is 0 Å². The van der Waals surface area contributed by atoms with Crippen LogP contribution in [-0.4, -0.2) is 36.3 Å². The van der Waals surface area contributed by atoms with E-state index in [1.54, 1.807) is 4.68 Å². The number of amides is 1. The van der Waals surface area contributed by atoms with Gasteiger partial charge in [0.05, 0.1) is 11.4 Å². The lowest BCUT2D eigenvalue weighted by Gasteiger charge is -2.19. The third kappa shape index (κ3) is 2.45. The number of fused-ring (bicyclic) bond motifs is 1. The smallest absolute Gasteiger partial charge is 0.331 e. The molecule has 7 nitrogen and oxygen atoms in total. The fraction of sp³-hybridized carbons (Fsp3) is 0.333. The average Bonchev–Trinajstić information content (AvgIpc) is 3.00. The van der Waals surface area contributed by atoms with Crippen LogP contribution in [0.4, 0.5) is 4.79 Å². The summed E-state index contributed by atoms with van der Waals surface area (Å²) in [5, 5.41) is 15.4. The highest BCUT2D eigenvalue weighted by atomic mass is 16.2. The monoisotopic (exact) mass is 298 g/mol. The Hall–Kier alpha value is -2.70. The molecule has 0 saturated carbocycles. The number of nitrogens with zero attached hydrogens (tertiary/aromatic N) is 5. The van der Waals surface area contributed by atoms with Crippen molar-refractivity contribution in [3.8, 4) is 5.69 Å². The predicted molar refractivity (Wildman–Crippen MR) is 83.1 cm³/mol. The lowest BCUT2D eigenvalue weighted by Crippen LogP contribution is -2.43. The summed E-state index contributed by atoms with van der Waals surface area (Å²) in [7, 11) is 0. The van der Waals surface area contributed by atoms with Gasteiger partial charge in [-0.3, -0.25) is 0 Å². The molecular formula is C15H18N6O. The second kappa shape index (κ2) is 4.94. The number of aromatic nitrogens is 5. The van der Waals surface area contributed by atoms with Crippen LogP contribution < -0.4 is 5.32 Å². The fourth-order valence-electron chi connectivity index (χ4n) is 2.21. The lowest BCUT2D eigenvalue weighted by atomic mass is 10.1. The van der Waals surface area contributed by atoms with E-state index >= 15 is 0 Å². The molecule has 0 bridgehead atoms. The van der Waals surface area contributed by atoms with Gasteiger partial charge in [0.25, 0.3) is 0 Å². The summed E-state index contributed by atoms with van der Waals surface area (Å²) >= 11 is 0. The second-order valence-corrected chi connectivity index (χ2v) is 6.19. The first kappa shape index (κ1) is 14.2. The fourth-order valence-corrected chi connectivity index (χ4v) is 2.21. The Morgan fingerprint density at radius 1 is 1.18 bits per heavy atom. The van der Waals surface area contributed by atoms with Gasteiger partial charge in [-0.15, -0.1) is 9.78 Å². The molecule has 2 aromatic heterocycles. The summed E-state index contributed by atoms with van der Waals surface area (Å²) in [6.07, 6.45) is 0. The van der Waals surface area contributed by atoms with Gasteiger partial charge in [-0.2, -0.15) is 5.10 Å². The molecule has 1 amide bonds. The first-order valence-corrected chi connectivity index (χ1v) is 7.06. The number of carbonyl (C=O) groups excluding carboxylic acids is 1. The molecular weight excluding hydrogens is 280 g/mol.